The lowest BCUT2D eigenvalue weighted by atomic mass is 9.67. The smallest absolute Gasteiger partial charge is 0.308 e. The number of carbonyl (C=O) groups excluding carboxylic acids is 1. The van der Waals surface area contributed by atoms with Crippen LogP contribution in [0, 0.1) is 17.8 Å². The Morgan fingerprint density at radius 3 is 2.62 bits per heavy atom. The van der Waals surface area contributed by atoms with Gasteiger partial charge in [-0.1, -0.05) is 32.6 Å². The van der Waals surface area contributed by atoms with E-state index in [-0.39, 0.29) is 11.9 Å². The van der Waals surface area contributed by atoms with E-state index in [0.717, 1.165) is 31.1 Å². The third-order valence-corrected chi connectivity index (χ3v) is 4.32. The Morgan fingerprint density at radius 1 is 1.12 bits per heavy atom. The molecule has 0 spiro atoms. The fourth-order valence-corrected chi connectivity index (χ4v) is 3.41. The third kappa shape index (κ3) is 2.78. The van der Waals surface area contributed by atoms with Gasteiger partial charge in [0.1, 0.15) is 0 Å². The number of fused-ring (bicyclic) bond motifs is 1. The molecular weight excluding hydrogens is 200 g/mol. The summed E-state index contributed by atoms with van der Waals surface area (Å²) >= 11 is 0. The Hall–Kier alpha value is -0.530. The van der Waals surface area contributed by atoms with Gasteiger partial charge in [-0.3, -0.25) is 4.79 Å². The normalized spacial score (nSPS) is 34.2. The first kappa shape index (κ1) is 11.9. The van der Waals surface area contributed by atoms with Crippen LogP contribution in [0.25, 0.3) is 0 Å². The molecule has 3 atom stereocenters. The van der Waals surface area contributed by atoms with Crippen molar-refractivity contribution < 1.29 is 9.53 Å². The second-order valence-corrected chi connectivity index (χ2v) is 5.48. The molecule has 0 bridgehead atoms. The van der Waals surface area contributed by atoms with Crippen molar-refractivity contribution in [3.63, 3.8) is 0 Å². The van der Waals surface area contributed by atoms with Gasteiger partial charge in [0.2, 0.25) is 0 Å². The van der Waals surface area contributed by atoms with Crippen LogP contribution in [-0.2, 0) is 9.53 Å². The second kappa shape index (κ2) is 5.70. The van der Waals surface area contributed by atoms with Gasteiger partial charge in [-0.15, -0.1) is 0 Å². The summed E-state index contributed by atoms with van der Waals surface area (Å²) in [6, 6.07) is 0. The Balaban J connectivity index is 1.82. The average molecular weight is 224 g/mol. The Morgan fingerprint density at radius 2 is 1.88 bits per heavy atom. The van der Waals surface area contributed by atoms with Crippen molar-refractivity contribution in [1.82, 2.24) is 0 Å². The van der Waals surface area contributed by atoms with Crippen LogP contribution >= 0.6 is 0 Å². The molecule has 0 aromatic carbocycles. The summed E-state index contributed by atoms with van der Waals surface area (Å²) in [6.07, 6.45) is 9.91. The minimum Gasteiger partial charge on any atom is -0.465 e. The van der Waals surface area contributed by atoms with E-state index in [1.165, 1.54) is 32.1 Å². The van der Waals surface area contributed by atoms with Crippen LogP contribution in [0.2, 0.25) is 0 Å². The van der Waals surface area contributed by atoms with Gasteiger partial charge in [-0.05, 0) is 37.5 Å². The number of ether oxygens (including phenoxy) is 1. The van der Waals surface area contributed by atoms with Gasteiger partial charge in [0, 0.05) is 0 Å². The van der Waals surface area contributed by atoms with Gasteiger partial charge in [-0.25, -0.2) is 0 Å². The monoisotopic (exact) mass is 224 g/mol. The molecule has 2 rings (SSSR count). The molecule has 2 fully saturated rings. The molecule has 16 heavy (non-hydrogen) atoms. The van der Waals surface area contributed by atoms with Crippen molar-refractivity contribution in [1.29, 1.82) is 0 Å². The average Bonchev–Trinajstić information content (AvgIpc) is 2.35. The molecular formula is C14H24O2. The van der Waals surface area contributed by atoms with Crippen molar-refractivity contribution in [2.75, 3.05) is 6.61 Å². The van der Waals surface area contributed by atoms with E-state index in [1.807, 2.05) is 6.92 Å². The summed E-state index contributed by atoms with van der Waals surface area (Å²) < 4.78 is 5.27. The number of esters is 1. The van der Waals surface area contributed by atoms with E-state index in [9.17, 15) is 4.79 Å². The molecule has 0 saturated heterocycles. The highest BCUT2D eigenvalue weighted by Gasteiger charge is 2.35. The van der Waals surface area contributed by atoms with Gasteiger partial charge in [0.25, 0.3) is 0 Å². The summed E-state index contributed by atoms with van der Waals surface area (Å²) in [6.45, 7) is 2.65. The minimum absolute atomic E-state index is 0.0749. The van der Waals surface area contributed by atoms with Crippen LogP contribution in [0.4, 0.5) is 0 Å². The van der Waals surface area contributed by atoms with E-state index >= 15 is 0 Å². The highest BCUT2D eigenvalue weighted by molar-refractivity contribution is 5.72. The second-order valence-electron chi connectivity index (χ2n) is 5.48. The summed E-state index contributed by atoms with van der Waals surface area (Å²) in [5.74, 6) is 2.03. The fourth-order valence-electron chi connectivity index (χ4n) is 3.41. The summed E-state index contributed by atoms with van der Waals surface area (Å²) in [5, 5.41) is 0. The third-order valence-electron chi connectivity index (χ3n) is 4.32. The van der Waals surface area contributed by atoms with E-state index in [2.05, 4.69) is 0 Å². The molecule has 0 aromatic heterocycles. The predicted octanol–water partition coefficient (Wildman–Crippen LogP) is 3.55. The van der Waals surface area contributed by atoms with Crippen molar-refractivity contribution in [2.45, 2.75) is 58.3 Å². The van der Waals surface area contributed by atoms with Crippen LogP contribution < -0.4 is 0 Å². The molecule has 2 aliphatic carbocycles. The van der Waals surface area contributed by atoms with E-state index in [1.54, 1.807) is 0 Å². The summed E-state index contributed by atoms with van der Waals surface area (Å²) in [5.41, 5.74) is 0. The molecule has 0 N–H and O–H groups in total. The molecule has 0 aliphatic heterocycles. The zero-order chi connectivity index (χ0) is 11.4. The van der Waals surface area contributed by atoms with Crippen LogP contribution in [0.3, 0.4) is 0 Å². The molecule has 0 amide bonds. The Bertz CT molecular complexity index is 237. The Labute approximate surface area is 98.7 Å². The van der Waals surface area contributed by atoms with Crippen LogP contribution in [-0.4, -0.2) is 12.6 Å². The molecule has 0 aromatic rings. The van der Waals surface area contributed by atoms with Crippen LogP contribution in [0.5, 0.6) is 0 Å². The highest BCUT2D eigenvalue weighted by Crippen LogP contribution is 2.42. The topological polar surface area (TPSA) is 26.3 Å². The number of rotatable bonds is 3. The van der Waals surface area contributed by atoms with E-state index in [0.29, 0.717) is 6.61 Å². The molecule has 92 valence electrons. The highest BCUT2D eigenvalue weighted by atomic mass is 16.5. The molecule has 0 heterocycles. The first-order chi connectivity index (χ1) is 7.81. The lowest BCUT2D eigenvalue weighted by Gasteiger charge is -2.38. The fraction of sp³-hybridized carbons (Fsp3) is 0.929. The zero-order valence-electron chi connectivity index (χ0n) is 10.4. The zero-order valence-corrected chi connectivity index (χ0v) is 10.4. The van der Waals surface area contributed by atoms with Gasteiger partial charge < -0.3 is 4.74 Å². The van der Waals surface area contributed by atoms with Gasteiger partial charge in [-0.2, -0.15) is 0 Å². The van der Waals surface area contributed by atoms with Crippen molar-refractivity contribution >= 4 is 5.97 Å². The Kier molecular flexibility index (Phi) is 4.25. The van der Waals surface area contributed by atoms with Crippen molar-refractivity contribution in [3.8, 4) is 0 Å². The summed E-state index contributed by atoms with van der Waals surface area (Å²) in [4.78, 5) is 11.8. The van der Waals surface area contributed by atoms with Crippen LogP contribution in [0.15, 0.2) is 0 Å². The maximum Gasteiger partial charge on any atom is 0.308 e. The molecule has 0 radical (unpaired) electrons. The maximum atomic E-state index is 11.8. The van der Waals surface area contributed by atoms with E-state index < -0.39 is 0 Å². The first-order valence-corrected chi connectivity index (χ1v) is 6.98. The van der Waals surface area contributed by atoms with Gasteiger partial charge >= 0.3 is 5.97 Å². The molecule has 2 aliphatic rings. The standard InChI is InChI=1S/C14H24O2/c1-2-9-16-14(15)13-8-7-11-5-3-4-6-12(11)10-13/h11-13H,2-10H2,1H3. The lowest BCUT2D eigenvalue weighted by Crippen LogP contribution is -2.32. The quantitative estimate of drug-likeness (QED) is 0.685. The molecule has 3 unspecified atom stereocenters. The predicted molar refractivity (Wildman–Crippen MR) is 64.0 cm³/mol. The molecule has 2 nitrogen and oxygen atoms in total. The molecule has 2 saturated carbocycles. The first-order valence-electron chi connectivity index (χ1n) is 6.98. The van der Waals surface area contributed by atoms with Crippen molar-refractivity contribution in [2.24, 2.45) is 17.8 Å². The number of hydrogen-bond acceptors (Lipinski definition) is 2. The number of carbonyl (C=O) groups is 1. The van der Waals surface area contributed by atoms with Gasteiger partial charge in [0.05, 0.1) is 12.5 Å². The van der Waals surface area contributed by atoms with Crippen molar-refractivity contribution in [3.05, 3.63) is 0 Å². The summed E-state index contributed by atoms with van der Waals surface area (Å²) in [7, 11) is 0. The van der Waals surface area contributed by atoms with Crippen LogP contribution in [0.1, 0.15) is 58.3 Å². The van der Waals surface area contributed by atoms with Gasteiger partial charge in [0.15, 0.2) is 0 Å². The number of hydrogen-bond donors (Lipinski definition) is 0. The molecule has 2 heteroatoms. The minimum atomic E-state index is 0.0749. The maximum absolute atomic E-state index is 11.8. The largest absolute Gasteiger partial charge is 0.465 e. The SMILES string of the molecule is CCCOC(=O)C1CCC2CCCCC2C1. The van der Waals surface area contributed by atoms with E-state index in [4.69, 9.17) is 4.74 Å². The lowest BCUT2D eigenvalue weighted by molar-refractivity contribution is -0.151.